The van der Waals surface area contributed by atoms with Crippen molar-refractivity contribution in [2.75, 3.05) is 0 Å². The lowest BCUT2D eigenvalue weighted by Crippen LogP contribution is -2.40. The van der Waals surface area contributed by atoms with E-state index in [9.17, 15) is 30.0 Å². The molecule has 0 N–H and O–H groups in total. The second-order valence-corrected chi connectivity index (χ2v) is 16.4. The average molecular weight is 743 g/mol. The molecule has 0 amide bonds. The van der Waals surface area contributed by atoms with E-state index in [4.69, 9.17) is 9.47 Å². The molecule has 0 atom stereocenters. The monoisotopic (exact) mass is 742 g/mol. The van der Waals surface area contributed by atoms with E-state index in [2.05, 4.69) is 0 Å². The molecule has 0 fully saturated rings. The van der Waals surface area contributed by atoms with Gasteiger partial charge in [0.1, 0.15) is 28.4 Å². The Hall–Kier alpha value is -5.39. The molecule has 0 spiro atoms. The summed E-state index contributed by atoms with van der Waals surface area (Å²) in [6.07, 6.45) is -4.67. The molecule has 52 heavy (non-hydrogen) atoms. The van der Waals surface area contributed by atoms with Crippen LogP contribution in [0.2, 0.25) is 0 Å². The molecule has 0 aliphatic carbocycles. The van der Waals surface area contributed by atoms with E-state index in [1.54, 1.807) is 48.5 Å². The van der Waals surface area contributed by atoms with Crippen LogP contribution in [0.25, 0.3) is 0 Å². The highest BCUT2D eigenvalue weighted by atomic mass is 32.2. The van der Waals surface area contributed by atoms with Crippen LogP contribution in [-0.4, -0.2) is 23.0 Å². The molecule has 0 aromatic heterocycles. The Balaban J connectivity index is 1.15. The van der Waals surface area contributed by atoms with Gasteiger partial charge < -0.3 is 9.47 Å². The van der Waals surface area contributed by atoms with Crippen LogP contribution in [0.4, 0.5) is 13.2 Å². The normalized spacial score (nSPS) is 12.3. The predicted molar refractivity (Wildman–Crippen MR) is 192 cm³/mol. The van der Waals surface area contributed by atoms with Gasteiger partial charge in [-0.25, -0.2) is 16.8 Å². The molecule has 0 unspecified atom stereocenters. The van der Waals surface area contributed by atoms with E-state index < -0.39 is 31.3 Å². The van der Waals surface area contributed by atoms with Crippen molar-refractivity contribution in [3.8, 4) is 23.0 Å². The second kappa shape index (κ2) is 14.0. The maximum Gasteiger partial charge on any atom is 0.402 e. The first kappa shape index (κ1) is 36.4. The summed E-state index contributed by atoms with van der Waals surface area (Å²) in [6.45, 7) is 4.82. The van der Waals surface area contributed by atoms with Gasteiger partial charge in [-0.1, -0.05) is 59.7 Å². The smallest absolute Gasteiger partial charge is 0.402 e. The van der Waals surface area contributed by atoms with Crippen LogP contribution in [0.15, 0.2) is 165 Å². The van der Waals surface area contributed by atoms with E-state index in [0.29, 0.717) is 11.5 Å². The van der Waals surface area contributed by atoms with Gasteiger partial charge in [-0.3, -0.25) is 0 Å². The SMILES string of the molecule is Cc1ccc(S(=O)(=O)c2ccc(Oc3ccc(C(C)(c4ccc(Oc5ccc(S(=O)(=O)c6ccc(C)cc6)cc5)cc4)C(F)(F)F)cc3)cc2)cc1. The number of aryl methyl sites for hydroxylation is 2. The molecule has 0 saturated carbocycles. The maximum absolute atomic E-state index is 14.8. The minimum atomic E-state index is -4.67. The van der Waals surface area contributed by atoms with Crippen molar-refractivity contribution in [3.63, 3.8) is 0 Å². The van der Waals surface area contributed by atoms with Crippen LogP contribution < -0.4 is 9.47 Å². The van der Waals surface area contributed by atoms with Crippen molar-refractivity contribution in [2.45, 2.75) is 51.9 Å². The van der Waals surface area contributed by atoms with E-state index >= 15 is 0 Å². The third-order valence-electron chi connectivity index (χ3n) is 8.83. The van der Waals surface area contributed by atoms with Gasteiger partial charge in [-0.05, 0) is 129 Å². The molecule has 11 heteroatoms. The number of ether oxygens (including phenoxy) is 2. The van der Waals surface area contributed by atoms with Crippen LogP contribution in [0.1, 0.15) is 29.2 Å². The number of sulfone groups is 2. The molecule has 6 aromatic rings. The minimum Gasteiger partial charge on any atom is -0.457 e. The molecule has 6 nitrogen and oxygen atoms in total. The molecule has 266 valence electrons. The van der Waals surface area contributed by atoms with Gasteiger partial charge >= 0.3 is 6.18 Å². The zero-order valence-corrected chi connectivity index (χ0v) is 29.9. The first-order valence-electron chi connectivity index (χ1n) is 16.0. The number of hydrogen-bond acceptors (Lipinski definition) is 6. The summed E-state index contributed by atoms with van der Waals surface area (Å²) in [5.41, 5.74) is -0.564. The maximum atomic E-state index is 14.8. The van der Waals surface area contributed by atoms with Gasteiger partial charge in [-0.15, -0.1) is 0 Å². The van der Waals surface area contributed by atoms with Gasteiger partial charge in [0.2, 0.25) is 19.7 Å². The quantitative estimate of drug-likeness (QED) is 0.139. The highest BCUT2D eigenvalue weighted by molar-refractivity contribution is 7.91. The predicted octanol–water partition coefficient (Wildman–Crippen LogP) is 10.4. The lowest BCUT2D eigenvalue weighted by atomic mass is 9.75. The Labute approximate surface area is 301 Å². The number of rotatable bonds is 10. The summed E-state index contributed by atoms with van der Waals surface area (Å²) in [5, 5.41) is 0. The summed E-state index contributed by atoms with van der Waals surface area (Å²) >= 11 is 0. The van der Waals surface area contributed by atoms with E-state index in [0.717, 1.165) is 18.1 Å². The summed E-state index contributed by atoms with van der Waals surface area (Å²) in [7, 11) is -7.47. The number of halogens is 3. The van der Waals surface area contributed by atoms with Crippen molar-refractivity contribution < 1.29 is 39.5 Å². The zero-order valence-electron chi connectivity index (χ0n) is 28.3. The lowest BCUT2D eigenvalue weighted by Gasteiger charge is -2.33. The van der Waals surface area contributed by atoms with Crippen molar-refractivity contribution in [3.05, 3.63) is 168 Å². The molecule has 0 heterocycles. The molecular weight excluding hydrogens is 710 g/mol. The number of hydrogen-bond donors (Lipinski definition) is 0. The fraction of sp³-hybridized carbons (Fsp3) is 0.122. The van der Waals surface area contributed by atoms with E-state index in [1.165, 1.54) is 97.1 Å². The summed E-state index contributed by atoms with van der Waals surface area (Å²) in [5.74, 6) is 1.16. The largest absolute Gasteiger partial charge is 0.457 e. The van der Waals surface area contributed by atoms with Crippen LogP contribution in [-0.2, 0) is 25.1 Å². The van der Waals surface area contributed by atoms with Gasteiger partial charge in [0.15, 0.2) is 0 Å². The molecular formula is C41H33F3O6S2. The van der Waals surface area contributed by atoms with Gasteiger partial charge in [0.25, 0.3) is 0 Å². The Kier molecular flexibility index (Phi) is 9.78. The second-order valence-electron chi connectivity index (χ2n) is 12.5. The zero-order chi connectivity index (χ0) is 37.3. The highest BCUT2D eigenvalue weighted by Crippen LogP contribution is 2.47. The molecule has 6 aromatic carbocycles. The van der Waals surface area contributed by atoms with Crippen LogP contribution in [0, 0.1) is 13.8 Å². The standard InChI is InChI=1S/C41H33F3O6S2/c1-28-4-20-36(21-5-28)51(45,46)38-24-16-34(17-25-38)49-32-12-8-30(9-13-32)40(3,41(42,43)44)31-10-14-33(15-11-31)50-35-18-26-39(27-19-35)52(47,48)37-22-6-29(2)7-23-37/h4-27H,1-3H3. The van der Waals surface area contributed by atoms with Crippen molar-refractivity contribution >= 4 is 19.7 Å². The molecule has 0 aliphatic heterocycles. The first-order valence-corrected chi connectivity index (χ1v) is 19.0. The molecule has 0 bridgehead atoms. The Morgan fingerprint density at radius 1 is 0.404 bits per heavy atom. The topological polar surface area (TPSA) is 86.7 Å². The van der Waals surface area contributed by atoms with Crippen LogP contribution >= 0.6 is 0 Å². The van der Waals surface area contributed by atoms with E-state index in [1.807, 2.05) is 13.8 Å². The average Bonchev–Trinajstić information content (AvgIpc) is 3.12. The molecule has 0 radical (unpaired) electrons. The fourth-order valence-corrected chi connectivity index (χ4v) is 8.08. The highest BCUT2D eigenvalue weighted by Gasteiger charge is 2.53. The fourth-order valence-electron chi connectivity index (χ4n) is 5.56. The lowest BCUT2D eigenvalue weighted by molar-refractivity contribution is -0.173. The summed E-state index contributed by atoms with van der Waals surface area (Å²) in [4.78, 5) is 0.491. The Bertz CT molecular complexity index is 2230. The van der Waals surface area contributed by atoms with Gasteiger partial charge in [-0.2, -0.15) is 13.2 Å². The van der Waals surface area contributed by atoms with Crippen LogP contribution in [0.5, 0.6) is 23.0 Å². The third-order valence-corrected chi connectivity index (χ3v) is 12.4. The third kappa shape index (κ3) is 7.33. The minimum absolute atomic E-state index is 0.0223. The van der Waals surface area contributed by atoms with Gasteiger partial charge in [0.05, 0.1) is 19.6 Å². The molecule has 0 saturated heterocycles. The van der Waals surface area contributed by atoms with Crippen molar-refractivity contribution in [1.29, 1.82) is 0 Å². The molecule has 0 aliphatic rings. The summed E-state index contributed by atoms with van der Waals surface area (Å²) in [6, 6.07) is 35.7. The Morgan fingerprint density at radius 2 is 0.635 bits per heavy atom. The first-order chi connectivity index (χ1) is 24.6. The van der Waals surface area contributed by atoms with E-state index in [-0.39, 0.29) is 42.2 Å². The molecule has 6 rings (SSSR count). The van der Waals surface area contributed by atoms with Gasteiger partial charge in [0, 0.05) is 0 Å². The Morgan fingerprint density at radius 3 is 0.885 bits per heavy atom. The van der Waals surface area contributed by atoms with Crippen molar-refractivity contribution in [1.82, 2.24) is 0 Å². The number of benzene rings is 6. The van der Waals surface area contributed by atoms with Crippen LogP contribution in [0.3, 0.4) is 0 Å². The van der Waals surface area contributed by atoms with Crippen molar-refractivity contribution in [2.24, 2.45) is 0 Å². The summed E-state index contributed by atoms with van der Waals surface area (Å²) < 4.78 is 108. The number of alkyl halides is 3.